The largest absolute Gasteiger partial charge is 0.330 e. The molecule has 1 rings (SSSR count). The number of carbonyl (C=O) groups is 1. The van der Waals surface area contributed by atoms with Crippen LogP contribution in [0.1, 0.15) is 12.5 Å². The second-order valence-corrected chi connectivity index (χ2v) is 2.88. The van der Waals surface area contributed by atoms with Crippen molar-refractivity contribution < 1.29 is 4.79 Å². The number of anilines is 1. The SMILES string of the molecule is CC(=O)Nc1ccccc1CCN. The Kier molecular flexibility index (Phi) is 3.46. The fourth-order valence-electron chi connectivity index (χ4n) is 1.21. The quantitative estimate of drug-likeness (QED) is 0.729. The number of nitrogens with one attached hydrogen (secondary N) is 1. The molecule has 0 atom stereocenters. The van der Waals surface area contributed by atoms with Crippen LogP contribution in [0.3, 0.4) is 0 Å². The molecule has 0 radical (unpaired) electrons. The van der Waals surface area contributed by atoms with Crippen LogP contribution in [0.5, 0.6) is 0 Å². The first-order valence-electron chi connectivity index (χ1n) is 4.29. The van der Waals surface area contributed by atoms with Crippen molar-refractivity contribution in [1.29, 1.82) is 0 Å². The molecular formula is C10H14N2O. The van der Waals surface area contributed by atoms with Crippen molar-refractivity contribution in [2.24, 2.45) is 5.73 Å². The monoisotopic (exact) mass is 178 g/mol. The molecule has 3 N–H and O–H groups in total. The summed E-state index contributed by atoms with van der Waals surface area (Å²) < 4.78 is 0. The predicted octanol–water partition coefficient (Wildman–Crippen LogP) is 1.15. The maximum Gasteiger partial charge on any atom is 0.221 e. The maximum absolute atomic E-state index is 10.8. The smallest absolute Gasteiger partial charge is 0.221 e. The van der Waals surface area contributed by atoms with Gasteiger partial charge in [-0.15, -0.1) is 0 Å². The summed E-state index contributed by atoms with van der Waals surface area (Å²) in [6, 6.07) is 7.69. The number of rotatable bonds is 3. The van der Waals surface area contributed by atoms with Gasteiger partial charge in [-0.2, -0.15) is 0 Å². The van der Waals surface area contributed by atoms with Gasteiger partial charge in [-0.3, -0.25) is 4.79 Å². The molecule has 13 heavy (non-hydrogen) atoms. The highest BCUT2D eigenvalue weighted by molar-refractivity contribution is 5.89. The maximum atomic E-state index is 10.8. The summed E-state index contributed by atoms with van der Waals surface area (Å²) in [5, 5.41) is 2.76. The molecule has 1 amide bonds. The molecule has 70 valence electrons. The normalized spacial score (nSPS) is 9.69. The topological polar surface area (TPSA) is 55.1 Å². The minimum Gasteiger partial charge on any atom is -0.330 e. The third-order valence-electron chi connectivity index (χ3n) is 1.74. The van der Waals surface area contributed by atoms with Crippen molar-refractivity contribution in [2.45, 2.75) is 13.3 Å². The first-order valence-corrected chi connectivity index (χ1v) is 4.29. The highest BCUT2D eigenvalue weighted by atomic mass is 16.1. The summed E-state index contributed by atoms with van der Waals surface area (Å²) in [5.74, 6) is -0.0514. The Morgan fingerprint density at radius 2 is 2.15 bits per heavy atom. The predicted molar refractivity (Wildman–Crippen MR) is 53.5 cm³/mol. The minimum atomic E-state index is -0.0514. The number of hydrogen-bond acceptors (Lipinski definition) is 2. The lowest BCUT2D eigenvalue weighted by molar-refractivity contribution is -0.114. The van der Waals surface area contributed by atoms with Crippen molar-refractivity contribution in [1.82, 2.24) is 0 Å². The van der Waals surface area contributed by atoms with E-state index in [-0.39, 0.29) is 5.91 Å². The van der Waals surface area contributed by atoms with Crippen molar-refractivity contribution in [3.8, 4) is 0 Å². The number of benzene rings is 1. The van der Waals surface area contributed by atoms with E-state index in [1.54, 1.807) is 0 Å². The fourth-order valence-corrected chi connectivity index (χ4v) is 1.21. The van der Waals surface area contributed by atoms with Gasteiger partial charge < -0.3 is 11.1 Å². The van der Waals surface area contributed by atoms with Gasteiger partial charge in [-0.25, -0.2) is 0 Å². The van der Waals surface area contributed by atoms with E-state index in [4.69, 9.17) is 5.73 Å². The van der Waals surface area contributed by atoms with Gasteiger partial charge in [0.2, 0.25) is 5.91 Å². The van der Waals surface area contributed by atoms with Crippen molar-refractivity contribution in [3.05, 3.63) is 29.8 Å². The Hall–Kier alpha value is -1.35. The standard InChI is InChI=1S/C10H14N2O/c1-8(13)12-10-5-3-2-4-9(10)6-7-11/h2-5H,6-7,11H2,1H3,(H,12,13). The Morgan fingerprint density at radius 1 is 1.46 bits per heavy atom. The molecule has 3 nitrogen and oxygen atoms in total. The number of carbonyl (C=O) groups excluding carboxylic acids is 1. The third-order valence-corrected chi connectivity index (χ3v) is 1.74. The summed E-state index contributed by atoms with van der Waals surface area (Å²) in [5.41, 5.74) is 7.39. The molecule has 0 aliphatic heterocycles. The number of amides is 1. The number of hydrogen-bond donors (Lipinski definition) is 2. The lowest BCUT2D eigenvalue weighted by Crippen LogP contribution is -2.10. The van der Waals surface area contributed by atoms with Crippen molar-refractivity contribution in [2.75, 3.05) is 11.9 Å². The average Bonchev–Trinajstić information content (AvgIpc) is 2.08. The molecule has 0 spiro atoms. The van der Waals surface area contributed by atoms with Gasteiger partial charge in [-0.05, 0) is 24.6 Å². The van der Waals surface area contributed by atoms with Gasteiger partial charge in [0.25, 0.3) is 0 Å². The van der Waals surface area contributed by atoms with Crippen molar-refractivity contribution in [3.63, 3.8) is 0 Å². The summed E-state index contributed by atoms with van der Waals surface area (Å²) in [6.07, 6.45) is 0.788. The second-order valence-electron chi connectivity index (χ2n) is 2.88. The van der Waals surface area contributed by atoms with Crippen LogP contribution in [-0.4, -0.2) is 12.5 Å². The van der Waals surface area contributed by atoms with Gasteiger partial charge in [0.1, 0.15) is 0 Å². The van der Waals surface area contributed by atoms with E-state index < -0.39 is 0 Å². The van der Waals surface area contributed by atoms with E-state index in [1.165, 1.54) is 6.92 Å². The second kappa shape index (κ2) is 4.62. The number of nitrogens with two attached hydrogens (primary N) is 1. The summed E-state index contributed by atoms with van der Waals surface area (Å²) in [4.78, 5) is 10.8. The molecule has 3 heteroatoms. The fraction of sp³-hybridized carbons (Fsp3) is 0.300. The Labute approximate surface area is 77.9 Å². The third kappa shape index (κ3) is 2.87. The van der Waals surface area contributed by atoms with Crippen LogP contribution in [-0.2, 0) is 11.2 Å². The molecule has 0 saturated carbocycles. The van der Waals surface area contributed by atoms with E-state index in [0.29, 0.717) is 6.54 Å². The van der Waals surface area contributed by atoms with Crippen LogP contribution in [0.25, 0.3) is 0 Å². The van der Waals surface area contributed by atoms with Gasteiger partial charge in [0.05, 0.1) is 0 Å². The molecule has 0 aromatic heterocycles. The Bertz CT molecular complexity index is 297. The van der Waals surface area contributed by atoms with Crippen molar-refractivity contribution >= 4 is 11.6 Å². The van der Waals surface area contributed by atoms with Crippen LogP contribution >= 0.6 is 0 Å². The zero-order valence-corrected chi connectivity index (χ0v) is 7.71. The van der Waals surface area contributed by atoms with E-state index in [9.17, 15) is 4.79 Å². The average molecular weight is 178 g/mol. The highest BCUT2D eigenvalue weighted by Gasteiger charge is 2.00. The van der Waals surface area contributed by atoms with Crippen LogP contribution in [0.15, 0.2) is 24.3 Å². The van der Waals surface area contributed by atoms with E-state index in [0.717, 1.165) is 17.7 Å². The molecule has 0 fully saturated rings. The molecule has 0 saturated heterocycles. The number of para-hydroxylation sites is 1. The first kappa shape index (κ1) is 9.74. The van der Waals surface area contributed by atoms with Gasteiger partial charge >= 0.3 is 0 Å². The lowest BCUT2D eigenvalue weighted by Gasteiger charge is -2.07. The summed E-state index contributed by atoms with van der Waals surface area (Å²) >= 11 is 0. The Balaban J connectivity index is 2.84. The molecular weight excluding hydrogens is 164 g/mol. The zero-order valence-electron chi connectivity index (χ0n) is 7.71. The zero-order chi connectivity index (χ0) is 9.68. The molecule has 0 unspecified atom stereocenters. The van der Waals surface area contributed by atoms with Gasteiger partial charge in [0, 0.05) is 12.6 Å². The van der Waals surface area contributed by atoms with Gasteiger partial charge in [-0.1, -0.05) is 18.2 Å². The van der Waals surface area contributed by atoms with Crippen LogP contribution in [0, 0.1) is 0 Å². The van der Waals surface area contributed by atoms with E-state index in [2.05, 4.69) is 5.32 Å². The molecule has 0 aliphatic carbocycles. The van der Waals surface area contributed by atoms with Crippen LogP contribution in [0.2, 0.25) is 0 Å². The molecule has 0 heterocycles. The minimum absolute atomic E-state index is 0.0514. The highest BCUT2D eigenvalue weighted by Crippen LogP contribution is 2.14. The molecule has 1 aromatic carbocycles. The van der Waals surface area contributed by atoms with Crippen LogP contribution in [0.4, 0.5) is 5.69 Å². The first-order chi connectivity index (χ1) is 6.24. The Morgan fingerprint density at radius 3 is 2.77 bits per heavy atom. The van der Waals surface area contributed by atoms with Gasteiger partial charge in [0.15, 0.2) is 0 Å². The van der Waals surface area contributed by atoms with E-state index in [1.807, 2.05) is 24.3 Å². The molecule has 0 bridgehead atoms. The molecule has 0 aliphatic rings. The van der Waals surface area contributed by atoms with E-state index >= 15 is 0 Å². The summed E-state index contributed by atoms with van der Waals surface area (Å²) in [6.45, 7) is 2.09. The van der Waals surface area contributed by atoms with Crippen LogP contribution < -0.4 is 11.1 Å². The lowest BCUT2D eigenvalue weighted by atomic mass is 10.1. The summed E-state index contributed by atoms with van der Waals surface area (Å²) in [7, 11) is 0. The molecule has 1 aromatic rings.